The Morgan fingerprint density at radius 2 is 2.19 bits per heavy atom. The Kier molecular flexibility index (Phi) is 3.06. The van der Waals surface area contributed by atoms with Gasteiger partial charge in [-0.3, -0.25) is 0 Å². The third kappa shape index (κ3) is 1.88. The van der Waals surface area contributed by atoms with Crippen LogP contribution in [-0.4, -0.2) is 16.1 Å². The molecule has 0 amide bonds. The Balaban J connectivity index is 2.43. The summed E-state index contributed by atoms with van der Waals surface area (Å²) in [6.45, 7) is 11.1. The SMILES string of the molecule is CCCC(C)(C)n1c(C)nc2c1CCNC2. The van der Waals surface area contributed by atoms with Crippen molar-refractivity contribution in [1.82, 2.24) is 14.9 Å². The van der Waals surface area contributed by atoms with Gasteiger partial charge in [-0.25, -0.2) is 4.98 Å². The number of fused-ring (bicyclic) bond motifs is 1. The second-order valence-corrected chi connectivity index (χ2v) is 5.38. The van der Waals surface area contributed by atoms with Gasteiger partial charge in [0.2, 0.25) is 0 Å². The molecular formula is C13H23N3. The van der Waals surface area contributed by atoms with E-state index in [-0.39, 0.29) is 5.54 Å². The number of imidazole rings is 1. The molecule has 3 nitrogen and oxygen atoms in total. The van der Waals surface area contributed by atoms with Gasteiger partial charge in [0.05, 0.1) is 5.69 Å². The summed E-state index contributed by atoms with van der Waals surface area (Å²) in [6, 6.07) is 0. The molecule has 1 aromatic heterocycles. The molecule has 1 N–H and O–H groups in total. The molecular weight excluding hydrogens is 198 g/mol. The molecule has 2 rings (SSSR count). The van der Waals surface area contributed by atoms with Crippen molar-refractivity contribution in [3.63, 3.8) is 0 Å². The summed E-state index contributed by atoms with van der Waals surface area (Å²) >= 11 is 0. The molecule has 1 aliphatic rings. The van der Waals surface area contributed by atoms with Crippen LogP contribution in [0.2, 0.25) is 0 Å². The van der Waals surface area contributed by atoms with E-state index in [1.54, 1.807) is 0 Å². The van der Waals surface area contributed by atoms with Gasteiger partial charge in [-0.2, -0.15) is 0 Å². The molecule has 90 valence electrons. The van der Waals surface area contributed by atoms with Gasteiger partial charge >= 0.3 is 0 Å². The summed E-state index contributed by atoms with van der Waals surface area (Å²) in [4.78, 5) is 4.70. The van der Waals surface area contributed by atoms with E-state index >= 15 is 0 Å². The zero-order valence-corrected chi connectivity index (χ0v) is 10.9. The molecule has 0 aliphatic carbocycles. The number of rotatable bonds is 3. The molecule has 0 unspecified atom stereocenters. The van der Waals surface area contributed by atoms with E-state index in [9.17, 15) is 0 Å². The highest BCUT2D eigenvalue weighted by Gasteiger charge is 2.27. The normalized spacial score (nSPS) is 16.2. The molecule has 16 heavy (non-hydrogen) atoms. The highest BCUT2D eigenvalue weighted by Crippen LogP contribution is 2.28. The number of nitrogens with one attached hydrogen (secondary N) is 1. The minimum atomic E-state index is 0.205. The number of nitrogens with zero attached hydrogens (tertiary/aromatic N) is 2. The van der Waals surface area contributed by atoms with Crippen LogP contribution < -0.4 is 5.32 Å². The summed E-state index contributed by atoms with van der Waals surface area (Å²) in [6.07, 6.45) is 3.55. The lowest BCUT2D eigenvalue weighted by atomic mass is 9.97. The van der Waals surface area contributed by atoms with Crippen molar-refractivity contribution in [2.24, 2.45) is 0 Å². The molecule has 0 atom stereocenters. The molecule has 0 bridgehead atoms. The van der Waals surface area contributed by atoms with Crippen LogP contribution in [0.15, 0.2) is 0 Å². The minimum Gasteiger partial charge on any atom is -0.326 e. The summed E-state index contributed by atoms with van der Waals surface area (Å²) in [7, 11) is 0. The van der Waals surface area contributed by atoms with Crippen molar-refractivity contribution in [2.45, 2.75) is 59.0 Å². The molecule has 0 radical (unpaired) electrons. The minimum absolute atomic E-state index is 0.205. The topological polar surface area (TPSA) is 29.9 Å². The first kappa shape index (κ1) is 11.6. The Morgan fingerprint density at radius 1 is 1.44 bits per heavy atom. The maximum atomic E-state index is 4.70. The van der Waals surface area contributed by atoms with Crippen molar-refractivity contribution in [2.75, 3.05) is 6.54 Å². The largest absolute Gasteiger partial charge is 0.326 e. The van der Waals surface area contributed by atoms with E-state index in [0.717, 1.165) is 19.5 Å². The van der Waals surface area contributed by atoms with E-state index in [1.807, 2.05) is 0 Å². The average Bonchev–Trinajstić information content (AvgIpc) is 2.53. The van der Waals surface area contributed by atoms with Crippen molar-refractivity contribution in [3.8, 4) is 0 Å². The van der Waals surface area contributed by atoms with Crippen molar-refractivity contribution in [1.29, 1.82) is 0 Å². The van der Waals surface area contributed by atoms with Gasteiger partial charge in [0.15, 0.2) is 0 Å². The summed E-state index contributed by atoms with van der Waals surface area (Å²) in [5.74, 6) is 1.17. The molecule has 0 fully saturated rings. The molecule has 0 saturated heterocycles. The zero-order valence-electron chi connectivity index (χ0n) is 10.9. The second kappa shape index (κ2) is 4.21. The first-order valence-electron chi connectivity index (χ1n) is 6.34. The Labute approximate surface area is 98.3 Å². The molecule has 0 aromatic carbocycles. The maximum Gasteiger partial charge on any atom is 0.106 e. The van der Waals surface area contributed by atoms with Gasteiger partial charge in [0, 0.05) is 30.7 Å². The predicted octanol–water partition coefficient (Wildman–Crippen LogP) is 2.37. The van der Waals surface area contributed by atoms with Crippen LogP contribution in [0.4, 0.5) is 0 Å². The van der Waals surface area contributed by atoms with Crippen LogP contribution in [0.3, 0.4) is 0 Å². The van der Waals surface area contributed by atoms with E-state index in [1.165, 1.54) is 30.1 Å². The quantitative estimate of drug-likeness (QED) is 0.849. The van der Waals surface area contributed by atoms with Crippen molar-refractivity contribution in [3.05, 3.63) is 17.2 Å². The first-order chi connectivity index (χ1) is 7.56. The fourth-order valence-electron chi connectivity index (χ4n) is 2.97. The van der Waals surface area contributed by atoms with Gasteiger partial charge in [0.1, 0.15) is 5.82 Å². The smallest absolute Gasteiger partial charge is 0.106 e. The molecule has 1 aliphatic heterocycles. The van der Waals surface area contributed by atoms with Crippen molar-refractivity contribution >= 4 is 0 Å². The molecule has 1 aromatic rings. The number of hydrogen-bond donors (Lipinski definition) is 1. The van der Waals surface area contributed by atoms with Gasteiger partial charge in [-0.15, -0.1) is 0 Å². The third-order valence-electron chi connectivity index (χ3n) is 3.52. The molecule has 0 spiro atoms. The predicted molar refractivity (Wildman–Crippen MR) is 66.6 cm³/mol. The van der Waals surface area contributed by atoms with Crippen LogP contribution in [0.1, 0.15) is 50.8 Å². The summed E-state index contributed by atoms with van der Waals surface area (Å²) in [5.41, 5.74) is 2.92. The fraction of sp³-hybridized carbons (Fsp3) is 0.769. The van der Waals surface area contributed by atoms with Crippen LogP contribution >= 0.6 is 0 Å². The van der Waals surface area contributed by atoms with Crippen LogP contribution in [-0.2, 0) is 18.5 Å². The van der Waals surface area contributed by atoms with Gasteiger partial charge < -0.3 is 9.88 Å². The van der Waals surface area contributed by atoms with Gasteiger partial charge in [-0.1, -0.05) is 13.3 Å². The van der Waals surface area contributed by atoms with Crippen LogP contribution in [0.5, 0.6) is 0 Å². The van der Waals surface area contributed by atoms with Crippen LogP contribution in [0.25, 0.3) is 0 Å². The van der Waals surface area contributed by atoms with Crippen molar-refractivity contribution < 1.29 is 0 Å². The lowest BCUT2D eigenvalue weighted by Crippen LogP contribution is -2.32. The number of hydrogen-bond acceptors (Lipinski definition) is 2. The number of aryl methyl sites for hydroxylation is 1. The Morgan fingerprint density at radius 3 is 2.88 bits per heavy atom. The standard InChI is InChI=1S/C13H23N3/c1-5-7-13(3,4)16-10(2)15-11-9-14-8-6-12(11)16/h14H,5-9H2,1-4H3. The van der Waals surface area contributed by atoms with E-state index < -0.39 is 0 Å². The van der Waals surface area contributed by atoms with Gasteiger partial charge in [-0.05, 0) is 27.2 Å². The highest BCUT2D eigenvalue weighted by molar-refractivity contribution is 5.21. The number of aromatic nitrogens is 2. The lowest BCUT2D eigenvalue weighted by molar-refractivity contribution is 0.307. The van der Waals surface area contributed by atoms with E-state index in [4.69, 9.17) is 4.98 Å². The average molecular weight is 221 g/mol. The first-order valence-corrected chi connectivity index (χ1v) is 6.34. The Bertz CT molecular complexity index is 377. The Hall–Kier alpha value is -0.830. The lowest BCUT2D eigenvalue weighted by Gasteiger charge is -2.31. The summed E-state index contributed by atoms with van der Waals surface area (Å²) in [5, 5.41) is 3.39. The van der Waals surface area contributed by atoms with E-state index in [2.05, 4.69) is 37.6 Å². The molecule has 0 saturated carbocycles. The third-order valence-corrected chi connectivity index (χ3v) is 3.52. The fourth-order valence-corrected chi connectivity index (χ4v) is 2.97. The van der Waals surface area contributed by atoms with Gasteiger partial charge in [0.25, 0.3) is 0 Å². The van der Waals surface area contributed by atoms with E-state index in [0.29, 0.717) is 0 Å². The second-order valence-electron chi connectivity index (χ2n) is 5.38. The summed E-state index contributed by atoms with van der Waals surface area (Å²) < 4.78 is 2.46. The molecule has 2 heterocycles. The highest BCUT2D eigenvalue weighted by atomic mass is 15.2. The zero-order chi connectivity index (χ0) is 11.8. The maximum absolute atomic E-state index is 4.70. The van der Waals surface area contributed by atoms with Crippen LogP contribution in [0, 0.1) is 6.92 Å². The monoisotopic (exact) mass is 221 g/mol. The molecule has 3 heteroatoms.